The number of amides is 1. The minimum absolute atomic E-state index is 0.345. The zero-order chi connectivity index (χ0) is 9.02. The fourth-order valence-electron chi connectivity index (χ4n) is 0.405. The minimum Gasteiger partial charge on any atom is -0.366 e. The van der Waals surface area contributed by atoms with Gasteiger partial charge in [0, 0.05) is 5.57 Å². The van der Waals surface area contributed by atoms with E-state index < -0.39 is 12.3 Å². The van der Waals surface area contributed by atoms with E-state index in [0.29, 0.717) is 5.57 Å². The maximum atomic E-state index is 10.8. The van der Waals surface area contributed by atoms with Gasteiger partial charge in [0.2, 0.25) is 5.91 Å². The number of carbonyl (C=O) groups is 1. The fourth-order valence-corrected chi connectivity index (χ4v) is 0.405. The molecule has 1 atom stereocenters. The molecule has 0 saturated carbocycles. The highest BCUT2D eigenvalue weighted by Gasteiger charge is 2.12. The Kier molecular flexibility index (Phi) is 3.78. The van der Waals surface area contributed by atoms with Crippen molar-refractivity contribution in [3.63, 3.8) is 0 Å². The van der Waals surface area contributed by atoms with Crippen LogP contribution in [-0.4, -0.2) is 28.5 Å². The van der Waals surface area contributed by atoms with Crippen LogP contribution in [0.4, 0.5) is 0 Å². The monoisotopic (exact) mass is 159 g/mol. The molecule has 3 N–H and O–H groups in total. The average molecular weight is 159 g/mol. The first kappa shape index (κ1) is 10.1. The molecule has 0 fully saturated rings. The first-order valence-electron chi connectivity index (χ1n) is 3.27. The van der Waals surface area contributed by atoms with Crippen molar-refractivity contribution in [1.82, 2.24) is 5.32 Å². The molecule has 0 aliphatic rings. The molecule has 1 unspecified atom stereocenters. The van der Waals surface area contributed by atoms with E-state index in [1.807, 2.05) is 0 Å². The predicted molar refractivity (Wildman–Crippen MR) is 40.6 cm³/mol. The van der Waals surface area contributed by atoms with Gasteiger partial charge in [-0.25, -0.2) is 0 Å². The van der Waals surface area contributed by atoms with E-state index in [1.54, 1.807) is 6.92 Å². The second kappa shape index (κ2) is 4.10. The zero-order valence-electron chi connectivity index (χ0n) is 6.66. The Labute approximate surface area is 65.5 Å². The summed E-state index contributed by atoms with van der Waals surface area (Å²) < 4.78 is 0. The first-order valence-corrected chi connectivity index (χ1v) is 3.27. The van der Waals surface area contributed by atoms with Crippen molar-refractivity contribution in [3.05, 3.63) is 12.2 Å². The number of aliphatic hydroxyl groups is 2. The van der Waals surface area contributed by atoms with Crippen LogP contribution in [0.5, 0.6) is 0 Å². The number of nitrogens with one attached hydrogen (secondary N) is 1. The Hall–Kier alpha value is -0.870. The molecule has 0 aromatic carbocycles. The highest BCUT2D eigenvalue weighted by molar-refractivity contribution is 5.92. The highest BCUT2D eigenvalue weighted by Crippen LogP contribution is 1.91. The molecule has 0 aliphatic carbocycles. The summed E-state index contributed by atoms with van der Waals surface area (Å²) in [6.45, 7) is 6.43. The summed E-state index contributed by atoms with van der Waals surface area (Å²) >= 11 is 0. The standard InChI is InChI=1S/C7H13NO3/c1-4(2)6(9)8-5(3)7(10)11/h5,7,10-11H,1H2,2-3H3,(H,8,9). The average Bonchev–Trinajstić information content (AvgIpc) is 1.87. The summed E-state index contributed by atoms with van der Waals surface area (Å²) in [7, 11) is 0. The molecule has 0 aromatic heterocycles. The van der Waals surface area contributed by atoms with Gasteiger partial charge in [-0.1, -0.05) is 6.58 Å². The van der Waals surface area contributed by atoms with E-state index in [9.17, 15) is 4.79 Å². The number of aliphatic hydroxyl groups excluding tert-OH is 1. The molecular formula is C7H13NO3. The van der Waals surface area contributed by atoms with Crippen molar-refractivity contribution in [3.8, 4) is 0 Å². The maximum Gasteiger partial charge on any atom is 0.246 e. The first-order chi connectivity index (χ1) is 4.95. The van der Waals surface area contributed by atoms with Gasteiger partial charge in [0.1, 0.15) is 0 Å². The molecule has 1 amide bonds. The van der Waals surface area contributed by atoms with Crippen LogP contribution in [0.15, 0.2) is 12.2 Å². The summed E-state index contributed by atoms with van der Waals surface area (Å²) in [5.41, 5.74) is 0.345. The molecule has 64 valence electrons. The summed E-state index contributed by atoms with van der Waals surface area (Å²) in [5.74, 6) is -0.370. The summed E-state index contributed by atoms with van der Waals surface area (Å²) in [6.07, 6.45) is -1.53. The summed E-state index contributed by atoms with van der Waals surface area (Å²) in [6, 6.07) is -0.667. The Bertz CT molecular complexity index is 165. The number of carbonyl (C=O) groups excluding carboxylic acids is 1. The van der Waals surface area contributed by atoms with Gasteiger partial charge in [-0.2, -0.15) is 0 Å². The van der Waals surface area contributed by atoms with Gasteiger partial charge < -0.3 is 15.5 Å². The number of hydrogen-bond acceptors (Lipinski definition) is 3. The second-order valence-corrected chi connectivity index (χ2v) is 2.46. The van der Waals surface area contributed by atoms with Crippen LogP contribution in [0.25, 0.3) is 0 Å². The van der Waals surface area contributed by atoms with Gasteiger partial charge in [0.15, 0.2) is 6.29 Å². The molecule has 0 bridgehead atoms. The lowest BCUT2D eigenvalue weighted by molar-refractivity contribution is -0.122. The van der Waals surface area contributed by atoms with Crippen LogP contribution < -0.4 is 5.32 Å². The molecule has 0 aliphatic heterocycles. The topological polar surface area (TPSA) is 69.6 Å². The second-order valence-electron chi connectivity index (χ2n) is 2.46. The third kappa shape index (κ3) is 3.75. The molecule has 0 saturated heterocycles. The van der Waals surface area contributed by atoms with E-state index >= 15 is 0 Å². The minimum atomic E-state index is -1.53. The van der Waals surface area contributed by atoms with Crippen LogP contribution in [0.2, 0.25) is 0 Å². The number of hydrogen-bond donors (Lipinski definition) is 3. The van der Waals surface area contributed by atoms with Crippen molar-refractivity contribution in [1.29, 1.82) is 0 Å². The Morgan fingerprint density at radius 3 is 2.27 bits per heavy atom. The van der Waals surface area contributed by atoms with Crippen LogP contribution in [0.3, 0.4) is 0 Å². The van der Waals surface area contributed by atoms with Gasteiger partial charge >= 0.3 is 0 Å². The van der Waals surface area contributed by atoms with E-state index in [-0.39, 0.29) is 5.91 Å². The largest absolute Gasteiger partial charge is 0.366 e. The quantitative estimate of drug-likeness (QED) is 0.379. The molecule has 11 heavy (non-hydrogen) atoms. The smallest absolute Gasteiger partial charge is 0.246 e. The van der Waals surface area contributed by atoms with E-state index in [4.69, 9.17) is 10.2 Å². The van der Waals surface area contributed by atoms with Crippen LogP contribution in [0, 0.1) is 0 Å². The molecule has 0 aromatic rings. The van der Waals surface area contributed by atoms with Crippen molar-refractivity contribution in [2.24, 2.45) is 0 Å². The molecule has 0 radical (unpaired) electrons. The third-order valence-electron chi connectivity index (χ3n) is 1.19. The zero-order valence-corrected chi connectivity index (χ0v) is 6.66. The van der Waals surface area contributed by atoms with Gasteiger partial charge in [-0.3, -0.25) is 4.79 Å². The molecular weight excluding hydrogens is 146 g/mol. The van der Waals surface area contributed by atoms with Crippen molar-refractivity contribution in [2.45, 2.75) is 26.2 Å². The SMILES string of the molecule is C=C(C)C(=O)NC(C)C(O)O. The maximum absolute atomic E-state index is 10.8. The van der Waals surface area contributed by atoms with Crippen LogP contribution >= 0.6 is 0 Å². The van der Waals surface area contributed by atoms with Gasteiger partial charge in [0.25, 0.3) is 0 Å². The molecule has 4 heteroatoms. The third-order valence-corrected chi connectivity index (χ3v) is 1.19. The normalized spacial score (nSPS) is 12.8. The lowest BCUT2D eigenvalue weighted by Gasteiger charge is -2.14. The van der Waals surface area contributed by atoms with Crippen LogP contribution in [0.1, 0.15) is 13.8 Å². The highest BCUT2D eigenvalue weighted by atomic mass is 16.5. The lowest BCUT2D eigenvalue weighted by atomic mass is 10.2. The van der Waals surface area contributed by atoms with Gasteiger partial charge in [0.05, 0.1) is 6.04 Å². The molecule has 0 heterocycles. The fraction of sp³-hybridized carbons (Fsp3) is 0.571. The predicted octanol–water partition coefficient (Wildman–Crippen LogP) is -0.622. The van der Waals surface area contributed by atoms with Crippen molar-refractivity contribution in [2.75, 3.05) is 0 Å². The van der Waals surface area contributed by atoms with Crippen molar-refractivity contribution < 1.29 is 15.0 Å². The van der Waals surface area contributed by atoms with E-state index in [0.717, 1.165) is 0 Å². The Morgan fingerprint density at radius 2 is 2.00 bits per heavy atom. The van der Waals surface area contributed by atoms with Gasteiger partial charge in [-0.15, -0.1) is 0 Å². The molecule has 0 spiro atoms. The van der Waals surface area contributed by atoms with Crippen LogP contribution in [-0.2, 0) is 4.79 Å². The van der Waals surface area contributed by atoms with E-state index in [1.165, 1.54) is 6.92 Å². The Balaban J connectivity index is 3.85. The lowest BCUT2D eigenvalue weighted by Crippen LogP contribution is -2.41. The summed E-state index contributed by atoms with van der Waals surface area (Å²) in [4.78, 5) is 10.8. The number of rotatable bonds is 3. The Morgan fingerprint density at radius 1 is 1.55 bits per heavy atom. The molecule has 0 rings (SSSR count). The van der Waals surface area contributed by atoms with E-state index in [2.05, 4.69) is 11.9 Å². The van der Waals surface area contributed by atoms with Crippen molar-refractivity contribution >= 4 is 5.91 Å². The van der Waals surface area contributed by atoms with Gasteiger partial charge in [-0.05, 0) is 13.8 Å². The molecule has 4 nitrogen and oxygen atoms in total. The summed E-state index contributed by atoms with van der Waals surface area (Å²) in [5, 5.41) is 19.5.